The van der Waals surface area contributed by atoms with Crippen molar-refractivity contribution in [2.24, 2.45) is 0 Å². The van der Waals surface area contributed by atoms with Gasteiger partial charge in [0.1, 0.15) is 0 Å². The van der Waals surface area contributed by atoms with Gasteiger partial charge < -0.3 is 0 Å². The second-order valence-corrected chi connectivity index (χ2v) is 18.0. The zero-order valence-electron chi connectivity index (χ0n) is 34.5. The Morgan fingerprint density at radius 3 is 1.61 bits per heavy atom. The van der Waals surface area contributed by atoms with Crippen molar-refractivity contribution in [1.29, 1.82) is 0 Å². The highest BCUT2D eigenvalue weighted by Gasteiger charge is 2.19. The molecule has 4 aromatic heterocycles. The Bertz CT molecular complexity index is 4230. The second-order valence-electron chi connectivity index (χ2n) is 16.9. The van der Waals surface area contributed by atoms with E-state index in [4.69, 9.17) is 9.97 Å². The van der Waals surface area contributed by atoms with Crippen molar-refractivity contribution in [1.82, 2.24) is 14.4 Å². The van der Waals surface area contributed by atoms with Crippen molar-refractivity contribution in [3.8, 4) is 44.6 Å². The molecular weight excluding hydrogens is 795 g/mol. The Morgan fingerprint density at radius 2 is 0.922 bits per heavy atom. The predicted octanol–water partition coefficient (Wildman–Crippen LogP) is 16.7. The summed E-state index contributed by atoms with van der Waals surface area (Å²) in [5.41, 5.74) is 13.7. The molecule has 0 saturated heterocycles. The lowest BCUT2D eigenvalue weighted by Crippen LogP contribution is -1.93. The summed E-state index contributed by atoms with van der Waals surface area (Å²) in [6, 6.07) is 75.6. The van der Waals surface area contributed by atoms with Crippen LogP contribution in [0.15, 0.2) is 212 Å². The molecule has 0 N–H and O–H groups in total. The van der Waals surface area contributed by atoms with Crippen molar-refractivity contribution in [2.45, 2.75) is 0 Å². The van der Waals surface area contributed by atoms with Gasteiger partial charge in [-0.1, -0.05) is 158 Å². The lowest BCUT2D eigenvalue weighted by atomic mass is 9.90. The fourth-order valence-corrected chi connectivity index (χ4v) is 11.5. The normalized spacial score (nSPS) is 12.1. The maximum Gasteiger partial charge on any atom is 0.156 e. The molecule has 3 nitrogen and oxygen atoms in total. The van der Waals surface area contributed by atoms with E-state index in [-0.39, 0.29) is 0 Å². The fourth-order valence-electron chi connectivity index (χ4n) is 10.3. The van der Waals surface area contributed by atoms with Crippen LogP contribution < -0.4 is 0 Å². The number of imidazole rings is 1. The van der Waals surface area contributed by atoms with E-state index >= 15 is 0 Å². The van der Waals surface area contributed by atoms with Crippen LogP contribution in [0.1, 0.15) is 0 Å². The molecule has 14 aromatic rings. The number of benzene rings is 10. The molecule has 4 heteroatoms. The summed E-state index contributed by atoms with van der Waals surface area (Å²) < 4.78 is 4.89. The van der Waals surface area contributed by atoms with E-state index in [1.807, 2.05) is 23.6 Å². The fraction of sp³-hybridized carbons (Fsp3) is 0. The summed E-state index contributed by atoms with van der Waals surface area (Å²) in [7, 11) is 0. The highest BCUT2D eigenvalue weighted by molar-refractivity contribution is 7.26. The van der Waals surface area contributed by atoms with E-state index < -0.39 is 0 Å². The summed E-state index contributed by atoms with van der Waals surface area (Å²) in [4.78, 5) is 10.1. The first-order chi connectivity index (χ1) is 31.7. The van der Waals surface area contributed by atoms with E-state index in [0.29, 0.717) is 0 Å². The van der Waals surface area contributed by atoms with Crippen LogP contribution in [0.4, 0.5) is 0 Å². The molecule has 0 saturated carbocycles. The SMILES string of the molecule is c1ccc2cc3cc4c(cc3cc2c1)nc1c2sc3ccccc3c2cc(-c2ccc(-c3ccc(-c5ccc(-c6cc7cccnc7c7ccccc67)cc5)c5ccccc35)cc2)n41. The number of thiophene rings is 1. The molecule has 296 valence electrons. The minimum Gasteiger partial charge on any atom is -0.291 e. The van der Waals surface area contributed by atoms with E-state index in [0.717, 1.165) is 38.8 Å². The zero-order chi connectivity index (χ0) is 41.9. The number of nitrogens with zero attached hydrogens (tertiary/aromatic N) is 3. The molecule has 0 aliphatic rings. The molecule has 14 rings (SSSR count). The van der Waals surface area contributed by atoms with Crippen LogP contribution >= 0.6 is 11.3 Å². The van der Waals surface area contributed by atoms with Crippen LogP contribution in [0.3, 0.4) is 0 Å². The van der Waals surface area contributed by atoms with E-state index in [1.165, 1.54) is 96.6 Å². The van der Waals surface area contributed by atoms with Gasteiger partial charge in [0.25, 0.3) is 0 Å². The number of pyridine rings is 2. The predicted molar refractivity (Wildman–Crippen MR) is 273 cm³/mol. The first kappa shape index (κ1) is 35.4. The Morgan fingerprint density at radius 1 is 0.375 bits per heavy atom. The molecule has 4 heterocycles. The van der Waals surface area contributed by atoms with Crippen LogP contribution in [-0.4, -0.2) is 14.4 Å². The first-order valence-electron chi connectivity index (χ1n) is 21.8. The maximum absolute atomic E-state index is 5.40. The van der Waals surface area contributed by atoms with Gasteiger partial charge in [0, 0.05) is 32.4 Å². The first-order valence-corrected chi connectivity index (χ1v) is 22.6. The van der Waals surface area contributed by atoms with Gasteiger partial charge in [-0.3, -0.25) is 9.38 Å². The Hall–Kier alpha value is -8.18. The molecule has 64 heavy (non-hydrogen) atoms. The molecule has 0 aliphatic carbocycles. The number of hydrogen-bond donors (Lipinski definition) is 0. The van der Waals surface area contributed by atoms with Gasteiger partial charge >= 0.3 is 0 Å². The number of aromatic nitrogens is 3. The Kier molecular flexibility index (Phi) is 7.56. The van der Waals surface area contributed by atoms with Crippen molar-refractivity contribution in [3.63, 3.8) is 0 Å². The maximum atomic E-state index is 5.40. The summed E-state index contributed by atoms with van der Waals surface area (Å²) >= 11 is 1.83. The van der Waals surface area contributed by atoms with Crippen LogP contribution in [0.2, 0.25) is 0 Å². The average Bonchev–Trinajstić information content (AvgIpc) is 3.92. The molecule has 0 fully saturated rings. The van der Waals surface area contributed by atoms with Gasteiger partial charge in [0.2, 0.25) is 0 Å². The standard InChI is InChI=1S/C60H35N3S/c1-2-11-41-31-44-34-56-54(33-43(44)30-40(41)10-1)62-60-59-53(50-16-7-8-18-57(50)64-59)35-55(63(56)60)39-25-23-37(24-26-39)46-28-27-45(47-13-3-4-14-48(46)47)36-19-21-38(22-20-36)52-32-42-12-9-29-61-58(42)51-17-6-5-15-49(51)52/h1-35H. The van der Waals surface area contributed by atoms with Crippen molar-refractivity contribution >= 4 is 102 Å². The van der Waals surface area contributed by atoms with E-state index in [1.54, 1.807) is 0 Å². The molecule has 0 radical (unpaired) electrons. The minimum absolute atomic E-state index is 1.00. The van der Waals surface area contributed by atoms with Crippen LogP contribution in [0, 0.1) is 0 Å². The lowest BCUT2D eigenvalue weighted by Gasteiger charge is -2.14. The van der Waals surface area contributed by atoms with Gasteiger partial charge in [-0.15, -0.1) is 11.3 Å². The van der Waals surface area contributed by atoms with Crippen LogP contribution in [0.5, 0.6) is 0 Å². The van der Waals surface area contributed by atoms with E-state index in [9.17, 15) is 0 Å². The third-order valence-electron chi connectivity index (χ3n) is 13.4. The van der Waals surface area contributed by atoms with Crippen molar-refractivity contribution in [3.05, 3.63) is 212 Å². The Balaban J connectivity index is 0.881. The number of rotatable bonds is 4. The monoisotopic (exact) mass is 829 g/mol. The third-order valence-corrected chi connectivity index (χ3v) is 14.6. The molecule has 0 amide bonds. The van der Waals surface area contributed by atoms with Crippen molar-refractivity contribution in [2.75, 3.05) is 0 Å². The largest absolute Gasteiger partial charge is 0.291 e. The summed E-state index contributed by atoms with van der Waals surface area (Å²) in [6.07, 6.45) is 1.88. The zero-order valence-corrected chi connectivity index (χ0v) is 35.3. The van der Waals surface area contributed by atoms with Crippen LogP contribution in [0.25, 0.3) is 135 Å². The molecule has 0 aliphatic heterocycles. The summed E-state index contributed by atoms with van der Waals surface area (Å²) in [5.74, 6) is 0. The third kappa shape index (κ3) is 5.33. The minimum atomic E-state index is 1.00. The number of hydrogen-bond acceptors (Lipinski definition) is 3. The Labute approximate surface area is 371 Å². The smallest absolute Gasteiger partial charge is 0.156 e. The molecule has 0 spiro atoms. The van der Waals surface area contributed by atoms with Crippen molar-refractivity contribution < 1.29 is 0 Å². The average molecular weight is 830 g/mol. The molecular formula is C60H35N3S. The summed E-state index contributed by atoms with van der Waals surface area (Å²) in [5, 5.41) is 13.4. The lowest BCUT2D eigenvalue weighted by molar-refractivity contribution is 1.25. The van der Waals surface area contributed by atoms with Gasteiger partial charge in [-0.25, -0.2) is 4.98 Å². The molecule has 10 aromatic carbocycles. The molecule has 0 atom stereocenters. The number of fused-ring (bicyclic) bond motifs is 13. The van der Waals surface area contributed by atoms with Gasteiger partial charge in [-0.05, 0) is 125 Å². The highest BCUT2D eigenvalue weighted by Crippen LogP contribution is 2.43. The topological polar surface area (TPSA) is 30.2 Å². The van der Waals surface area contributed by atoms with Gasteiger partial charge in [0.05, 0.1) is 26.9 Å². The van der Waals surface area contributed by atoms with Gasteiger partial charge in [-0.2, -0.15) is 0 Å². The highest BCUT2D eigenvalue weighted by atomic mass is 32.1. The summed E-state index contributed by atoms with van der Waals surface area (Å²) in [6.45, 7) is 0. The molecule has 0 unspecified atom stereocenters. The molecule has 0 bridgehead atoms. The second kappa shape index (κ2) is 13.7. The quantitative estimate of drug-likeness (QED) is 0.131. The van der Waals surface area contributed by atoms with Gasteiger partial charge in [0.15, 0.2) is 5.65 Å². The van der Waals surface area contributed by atoms with E-state index in [2.05, 4.69) is 205 Å². The van der Waals surface area contributed by atoms with Crippen LogP contribution in [-0.2, 0) is 0 Å².